The quantitative estimate of drug-likeness (QED) is 0.592. The summed E-state index contributed by atoms with van der Waals surface area (Å²) in [6, 6.07) is 12.3. The Bertz CT molecular complexity index is 1120. The molecule has 12 heteroatoms. The highest BCUT2D eigenvalue weighted by Gasteiger charge is 2.30. The number of urea groups is 1. The zero-order valence-electron chi connectivity index (χ0n) is 16.9. The molecule has 0 spiro atoms. The van der Waals surface area contributed by atoms with Gasteiger partial charge in [0.2, 0.25) is 10.0 Å². The second-order valence-electron chi connectivity index (χ2n) is 6.86. The fourth-order valence-corrected chi connectivity index (χ4v) is 4.82. The number of carbonyl (C=O) groups excluding carboxylic acids is 3. The third kappa shape index (κ3) is 5.55. The number of nitrogens with one attached hydrogen (secondary N) is 1. The number of anilines is 1. The Morgan fingerprint density at radius 2 is 1.69 bits per heavy atom. The molecule has 0 unspecified atom stereocenters. The standard InChI is InChI=1S/C20H21ClN4O6S/c21-17-7-6-15(12-16(17)19(27)31-13-18(26)23-20(22)28)32(29,30)25-10-8-24(9-11-25)14-4-2-1-3-5-14/h1-7,12H,8-11,13H2,(H3,22,23,26,28). The maximum Gasteiger partial charge on any atom is 0.340 e. The Balaban J connectivity index is 1.70. The Morgan fingerprint density at radius 1 is 1.03 bits per heavy atom. The zero-order chi connectivity index (χ0) is 23.3. The average Bonchev–Trinajstić information content (AvgIpc) is 2.78. The van der Waals surface area contributed by atoms with Crippen molar-refractivity contribution in [3.8, 4) is 0 Å². The van der Waals surface area contributed by atoms with Crippen LogP contribution in [0.1, 0.15) is 10.4 Å². The number of primary amides is 1. The summed E-state index contributed by atoms with van der Waals surface area (Å²) < 4.78 is 32.3. The zero-order valence-corrected chi connectivity index (χ0v) is 18.4. The molecule has 3 rings (SSSR count). The Kier molecular flexibility index (Phi) is 7.33. The fourth-order valence-electron chi connectivity index (χ4n) is 3.18. The number of nitrogens with two attached hydrogens (primary N) is 1. The summed E-state index contributed by atoms with van der Waals surface area (Å²) in [5, 5.41) is 1.70. The van der Waals surface area contributed by atoms with Gasteiger partial charge in [-0.05, 0) is 30.3 Å². The van der Waals surface area contributed by atoms with Gasteiger partial charge in [0.15, 0.2) is 6.61 Å². The lowest BCUT2D eigenvalue weighted by molar-refractivity contribution is -0.123. The fraction of sp³-hybridized carbons (Fsp3) is 0.250. The van der Waals surface area contributed by atoms with E-state index >= 15 is 0 Å². The predicted molar refractivity (Wildman–Crippen MR) is 117 cm³/mol. The molecule has 0 saturated carbocycles. The van der Waals surface area contributed by atoms with Crippen LogP contribution in [0.4, 0.5) is 10.5 Å². The highest BCUT2D eigenvalue weighted by atomic mass is 35.5. The summed E-state index contributed by atoms with van der Waals surface area (Å²) in [5.74, 6) is -1.94. The van der Waals surface area contributed by atoms with Crippen LogP contribution in [-0.4, -0.2) is 63.4 Å². The van der Waals surface area contributed by atoms with Crippen LogP contribution in [0.25, 0.3) is 0 Å². The number of halogens is 1. The molecule has 1 saturated heterocycles. The monoisotopic (exact) mass is 480 g/mol. The van der Waals surface area contributed by atoms with Crippen LogP contribution in [0, 0.1) is 0 Å². The Labute approximate surface area is 189 Å². The van der Waals surface area contributed by atoms with Gasteiger partial charge in [0.25, 0.3) is 5.91 Å². The van der Waals surface area contributed by atoms with Crippen molar-refractivity contribution in [2.24, 2.45) is 5.73 Å². The molecule has 1 aliphatic rings. The van der Waals surface area contributed by atoms with Crippen molar-refractivity contribution in [3.05, 3.63) is 59.1 Å². The summed E-state index contributed by atoms with van der Waals surface area (Å²) in [6.07, 6.45) is 0. The first-order valence-electron chi connectivity index (χ1n) is 9.54. The minimum atomic E-state index is -3.89. The van der Waals surface area contributed by atoms with Gasteiger partial charge in [-0.15, -0.1) is 0 Å². The molecular weight excluding hydrogens is 460 g/mol. The number of benzene rings is 2. The molecule has 0 bridgehead atoms. The van der Waals surface area contributed by atoms with E-state index in [1.54, 1.807) is 5.32 Å². The SMILES string of the molecule is NC(=O)NC(=O)COC(=O)c1cc(S(=O)(=O)N2CCN(c3ccccc3)CC2)ccc1Cl. The maximum atomic E-state index is 13.1. The molecule has 3 amide bonds. The van der Waals surface area contributed by atoms with Crippen LogP contribution in [0.3, 0.4) is 0 Å². The number of esters is 1. The van der Waals surface area contributed by atoms with E-state index in [4.69, 9.17) is 22.1 Å². The van der Waals surface area contributed by atoms with Crippen molar-refractivity contribution in [1.29, 1.82) is 0 Å². The first kappa shape index (κ1) is 23.5. The van der Waals surface area contributed by atoms with Gasteiger partial charge in [-0.2, -0.15) is 4.31 Å². The molecule has 10 nitrogen and oxygen atoms in total. The van der Waals surface area contributed by atoms with E-state index in [1.807, 2.05) is 30.3 Å². The molecule has 170 valence electrons. The summed E-state index contributed by atoms with van der Waals surface area (Å²) in [7, 11) is -3.89. The number of piperazine rings is 1. The van der Waals surface area contributed by atoms with Crippen LogP contribution >= 0.6 is 11.6 Å². The number of rotatable bonds is 6. The van der Waals surface area contributed by atoms with Crippen LogP contribution in [0.15, 0.2) is 53.4 Å². The molecule has 1 heterocycles. The number of amides is 3. The van der Waals surface area contributed by atoms with Crippen LogP contribution in [0.2, 0.25) is 5.02 Å². The first-order chi connectivity index (χ1) is 15.2. The number of carbonyl (C=O) groups is 3. The van der Waals surface area contributed by atoms with Crippen molar-refractivity contribution in [1.82, 2.24) is 9.62 Å². The molecular formula is C20H21ClN4O6S. The maximum absolute atomic E-state index is 13.1. The Morgan fingerprint density at radius 3 is 2.31 bits per heavy atom. The van der Waals surface area contributed by atoms with E-state index in [9.17, 15) is 22.8 Å². The molecule has 1 aliphatic heterocycles. The lowest BCUT2D eigenvalue weighted by atomic mass is 10.2. The van der Waals surface area contributed by atoms with E-state index in [1.165, 1.54) is 16.4 Å². The van der Waals surface area contributed by atoms with Crippen molar-refractivity contribution in [2.45, 2.75) is 4.90 Å². The van der Waals surface area contributed by atoms with Crippen LogP contribution < -0.4 is 16.0 Å². The van der Waals surface area contributed by atoms with Crippen molar-refractivity contribution < 1.29 is 27.5 Å². The molecule has 32 heavy (non-hydrogen) atoms. The molecule has 3 N–H and O–H groups in total. The van der Waals surface area contributed by atoms with Gasteiger partial charge in [-0.1, -0.05) is 29.8 Å². The first-order valence-corrected chi connectivity index (χ1v) is 11.4. The lowest BCUT2D eigenvalue weighted by Gasteiger charge is -2.35. The highest BCUT2D eigenvalue weighted by Crippen LogP contribution is 2.25. The van der Waals surface area contributed by atoms with Crippen LogP contribution in [-0.2, 0) is 19.6 Å². The number of ether oxygens (including phenoxy) is 1. The van der Waals surface area contributed by atoms with Crippen molar-refractivity contribution in [3.63, 3.8) is 0 Å². The van der Waals surface area contributed by atoms with Gasteiger partial charge in [0.1, 0.15) is 0 Å². The number of hydrogen-bond acceptors (Lipinski definition) is 7. The normalized spacial score (nSPS) is 14.6. The number of sulfonamides is 1. The second kappa shape index (κ2) is 9.98. The summed E-state index contributed by atoms with van der Waals surface area (Å²) >= 11 is 6.02. The molecule has 2 aromatic carbocycles. The second-order valence-corrected chi connectivity index (χ2v) is 9.20. The minimum Gasteiger partial charge on any atom is -0.452 e. The minimum absolute atomic E-state index is 0.0434. The third-order valence-electron chi connectivity index (χ3n) is 4.75. The van der Waals surface area contributed by atoms with Gasteiger partial charge in [-0.3, -0.25) is 10.1 Å². The molecule has 0 aromatic heterocycles. The van der Waals surface area contributed by atoms with Gasteiger partial charge in [-0.25, -0.2) is 18.0 Å². The van der Waals surface area contributed by atoms with E-state index in [2.05, 4.69) is 4.90 Å². The lowest BCUT2D eigenvalue weighted by Crippen LogP contribution is -2.48. The molecule has 0 radical (unpaired) electrons. The Hall–Kier alpha value is -3.15. The number of hydrogen-bond donors (Lipinski definition) is 2. The molecule has 0 atom stereocenters. The number of nitrogens with zero attached hydrogens (tertiary/aromatic N) is 2. The van der Waals surface area contributed by atoms with Gasteiger partial charge in [0, 0.05) is 31.9 Å². The molecule has 1 fully saturated rings. The van der Waals surface area contributed by atoms with E-state index < -0.39 is 34.5 Å². The van der Waals surface area contributed by atoms with Gasteiger partial charge < -0.3 is 15.4 Å². The summed E-state index contributed by atoms with van der Waals surface area (Å²) in [6.45, 7) is 0.789. The molecule has 2 aromatic rings. The smallest absolute Gasteiger partial charge is 0.340 e. The van der Waals surface area contributed by atoms with E-state index in [0.717, 1.165) is 11.8 Å². The average molecular weight is 481 g/mol. The van der Waals surface area contributed by atoms with Gasteiger partial charge >= 0.3 is 12.0 Å². The topological polar surface area (TPSA) is 139 Å². The number of imide groups is 1. The van der Waals surface area contributed by atoms with E-state index in [-0.39, 0.29) is 28.6 Å². The summed E-state index contributed by atoms with van der Waals surface area (Å²) in [4.78, 5) is 36.3. The van der Waals surface area contributed by atoms with Gasteiger partial charge in [0.05, 0.1) is 15.5 Å². The van der Waals surface area contributed by atoms with Crippen LogP contribution in [0.5, 0.6) is 0 Å². The predicted octanol–water partition coefficient (Wildman–Crippen LogP) is 1.20. The van der Waals surface area contributed by atoms with Crippen molar-refractivity contribution in [2.75, 3.05) is 37.7 Å². The summed E-state index contributed by atoms with van der Waals surface area (Å²) in [5.41, 5.74) is 5.60. The van der Waals surface area contributed by atoms with E-state index in [0.29, 0.717) is 13.1 Å². The third-order valence-corrected chi connectivity index (χ3v) is 6.98. The highest BCUT2D eigenvalue weighted by molar-refractivity contribution is 7.89. The number of para-hydroxylation sites is 1. The largest absolute Gasteiger partial charge is 0.452 e. The van der Waals surface area contributed by atoms with Crippen molar-refractivity contribution >= 4 is 45.2 Å². The molecule has 0 aliphatic carbocycles.